The highest BCUT2D eigenvalue weighted by Gasteiger charge is 2.39. The largest absolute Gasteiger partial charge is 0.357 e. The van der Waals surface area contributed by atoms with Crippen LogP contribution in [0.4, 0.5) is 0 Å². The molecule has 0 N–H and O–H groups in total. The smallest absolute Gasteiger partial charge is 0.151 e. The van der Waals surface area contributed by atoms with E-state index in [2.05, 4.69) is 24.3 Å². The average molecular weight is 230 g/mol. The third-order valence-corrected chi connectivity index (χ3v) is 4.00. The number of carbonyl (C=O) groups excluding carboxylic acids is 1. The molecule has 17 heavy (non-hydrogen) atoms. The van der Waals surface area contributed by atoms with Gasteiger partial charge in [0.05, 0.1) is 0 Å². The third-order valence-electron chi connectivity index (χ3n) is 4.00. The topological polar surface area (TPSA) is 29.6 Å². The van der Waals surface area contributed by atoms with Gasteiger partial charge in [0.2, 0.25) is 0 Å². The molecule has 0 radical (unpaired) electrons. The van der Waals surface area contributed by atoms with Crippen LogP contribution in [0.5, 0.6) is 0 Å². The Bertz CT molecular complexity index is 390. The van der Waals surface area contributed by atoms with E-state index in [4.69, 9.17) is 4.74 Å². The fourth-order valence-corrected chi connectivity index (χ4v) is 2.89. The van der Waals surface area contributed by atoms with Gasteiger partial charge in [-0.05, 0) is 29.9 Å². The molecule has 0 aromatic heterocycles. The average Bonchev–Trinajstić information content (AvgIpc) is 3.19. The first-order chi connectivity index (χ1) is 8.38. The second-order valence-electron chi connectivity index (χ2n) is 5.16. The molecular weight excluding hydrogens is 212 g/mol. The minimum absolute atomic E-state index is 0.0212. The zero-order valence-electron chi connectivity index (χ0n) is 9.97. The minimum atomic E-state index is -0.199. The van der Waals surface area contributed by atoms with Crippen LogP contribution in [-0.2, 0) is 9.53 Å². The quantitative estimate of drug-likeness (QED) is 0.588. The Balaban J connectivity index is 1.69. The summed E-state index contributed by atoms with van der Waals surface area (Å²) >= 11 is 0. The molecule has 3 rings (SSSR count). The summed E-state index contributed by atoms with van der Waals surface area (Å²) in [7, 11) is 0. The lowest BCUT2D eigenvalue weighted by Gasteiger charge is -2.22. The first kappa shape index (κ1) is 11.0. The maximum absolute atomic E-state index is 10.5. The summed E-state index contributed by atoms with van der Waals surface area (Å²) in [6.45, 7) is 0. The number of hydrogen-bond donors (Lipinski definition) is 0. The fraction of sp³-hybridized carbons (Fsp3) is 0.533. The molecule has 2 atom stereocenters. The fourth-order valence-electron chi connectivity index (χ4n) is 2.89. The van der Waals surface area contributed by atoms with E-state index in [-0.39, 0.29) is 12.2 Å². The van der Waals surface area contributed by atoms with Gasteiger partial charge in [0, 0.05) is 0 Å². The molecule has 0 amide bonds. The number of hydrogen-bond acceptors (Lipinski definition) is 2. The van der Waals surface area contributed by atoms with E-state index >= 15 is 0 Å². The van der Waals surface area contributed by atoms with Crippen molar-refractivity contribution in [3.8, 4) is 0 Å². The van der Waals surface area contributed by atoms with E-state index < -0.39 is 0 Å². The SMILES string of the molecule is O=C[C@@H]1O[C@H]1c1ccc(C2CCCCC2)cc1. The Labute approximate surface area is 102 Å². The van der Waals surface area contributed by atoms with Gasteiger partial charge in [-0.3, -0.25) is 0 Å². The summed E-state index contributed by atoms with van der Waals surface area (Å²) in [5.74, 6) is 0.750. The Morgan fingerprint density at radius 1 is 1.00 bits per heavy atom. The number of aldehydes is 1. The Morgan fingerprint density at radius 3 is 2.24 bits per heavy atom. The lowest BCUT2D eigenvalue weighted by molar-refractivity contribution is -0.108. The summed E-state index contributed by atoms with van der Waals surface area (Å²) in [5.41, 5.74) is 2.60. The van der Waals surface area contributed by atoms with Crippen LogP contribution in [-0.4, -0.2) is 12.4 Å². The standard InChI is InChI=1S/C15H18O2/c16-10-14-15(17-14)13-8-6-12(7-9-13)11-4-2-1-3-5-11/h6-11,14-15H,1-5H2/t14-,15-/m0/s1. The van der Waals surface area contributed by atoms with Crippen LogP contribution < -0.4 is 0 Å². The molecular formula is C15H18O2. The van der Waals surface area contributed by atoms with Crippen molar-refractivity contribution in [3.63, 3.8) is 0 Å². The normalized spacial score (nSPS) is 28.9. The minimum Gasteiger partial charge on any atom is -0.357 e. The highest BCUT2D eigenvalue weighted by Crippen LogP contribution is 2.38. The van der Waals surface area contributed by atoms with Gasteiger partial charge in [-0.15, -0.1) is 0 Å². The zero-order valence-corrected chi connectivity index (χ0v) is 9.97. The molecule has 0 unspecified atom stereocenters. The number of benzene rings is 1. The number of rotatable bonds is 3. The molecule has 1 aromatic carbocycles. The van der Waals surface area contributed by atoms with Crippen LogP contribution in [0, 0.1) is 0 Å². The van der Waals surface area contributed by atoms with Crippen molar-refractivity contribution in [3.05, 3.63) is 35.4 Å². The third kappa shape index (κ3) is 2.27. The number of ether oxygens (including phenoxy) is 1. The molecule has 2 fully saturated rings. The van der Waals surface area contributed by atoms with Crippen molar-refractivity contribution in [2.24, 2.45) is 0 Å². The summed E-state index contributed by atoms with van der Waals surface area (Å²) in [5, 5.41) is 0. The predicted molar refractivity (Wildman–Crippen MR) is 65.9 cm³/mol. The van der Waals surface area contributed by atoms with E-state index in [9.17, 15) is 4.79 Å². The van der Waals surface area contributed by atoms with Crippen LogP contribution in [0.25, 0.3) is 0 Å². The van der Waals surface area contributed by atoms with Gasteiger partial charge in [-0.1, -0.05) is 43.5 Å². The summed E-state index contributed by atoms with van der Waals surface area (Å²) < 4.78 is 5.27. The predicted octanol–water partition coefficient (Wildman–Crippen LogP) is 3.37. The second-order valence-corrected chi connectivity index (χ2v) is 5.16. The maximum Gasteiger partial charge on any atom is 0.151 e. The summed E-state index contributed by atoms with van der Waals surface area (Å²) in [6, 6.07) is 8.68. The highest BCUT2D eigenvalue weighted by molar-refractivity contribution is 5.61. The second kappa shape index (κ2) is 4.61. The molecule has 1 aliphatic carbocycles. The zero-order chi connectivity index (χ0) is 11.7. The highest BCUT2D eigenvalue weighted by atomic mass is 16.6. The maximum atomic E-state index is 10.5. The van der Waals surface area contributed by atoms with Gasteiger partial charge < -0.3 is 9.53 Å². The van der Waals surface area contributed by atoms with Crippen molar-refractivity contribution in [1.29, 1.82) is 0 Å². The molecule has 0 bridgehead atoms. The summed E-state index contributed by atoms with van der Waals surface area (Å²) in [4.78, 5) is 10.5. The Morgan fingerprint density at radius 2 is 1.65 bits per heavy atom. The van der Waals surface area contributed by atoms with E-state index in [1.165, 1.54) is 37.7 Å². The van der Waals surface area contributed by atoms with Gasteiger partial charge in [-0.25, -0.2) is 0 Å². The van der Waals surface area contributed by atoms with Gasteiger partial charge in [0.25, 0.3) is 0 Å². The van der Waals surface area contributed by atoms with Gasteiger partial charge in [0.1, 0.15) is 12.2 Å². The van der Waals surface area contributed by atoms with Crippen LogP contribution >= 0.6 is 0 Å². The number of epoxide rings is 1. The first-order valence-corrected chi connectivity index (χ1v) is 6.59. The lowest BCUT2D eigenvalue weighted by Crippen LogP contribution is -2.04. The van der Waals surface area contributed by atoms with Crippen molar-refractivity contribution in [1.82, 2.24) is 0 Å². The van der Waals surface area contributed by atoms with Crippen LogP contribution in [0.3, 0.4) is 0 Å². The van der Waals surface area contributed by atoms with Gasteiger partial charge >= 0.3 is 0 Å². The van der Waals surface area contributed by atoms with Crippen molar-refractivity contribution >= 4 is 6.29 Å². The monoisotopic (exact) mass is 230 g/mol. The molecule has 2 nitrogen and oxygen atoms in total. The molecule has 2 heteroatoms. The van der Waals surface area contributed by atoms with E-state index in [1.807, 2.05) is 0 Å². The van der Waals surface area contributed by atoms with Crippen LogP contribution in [0.15, 0.2) is 24.3 Å². The first-order valence-electron chi connectivity index (χ1n) is 6.59. The Hall–Kier alpha value is -1.15. The molecule has 1 heterocycles. The lowest BCUT2D eigenvalue weighted by atomic mass is 9.84. The van der Waals surface area contributed by atoms with Crippen LogP contribution in [0.1, 0.15) is 55.3 Å². The molecule has 1 saturated carbocycles. The van der Waals surface area contributed by atoms with Crippen molar-refractivity contribution in [2.75, 3.05) is 0 Å². The van der Waals surface area contributed by atoms with Gasteiger partial charge in [-0.2, -0.15) is 0 Å². The molecule has 1 saturated heterocycles. The van der Waals surface area contributed by atoms with E-state index in [0.717, 1.165) is 17.8 Å². The molecule has 1 aliphatic heterocycles. The van der Waals surface area contributed by atoms with Crippen molar-refractivity contribution < 1.29 is 9.53 Å². The summed E-state index contributed by atoms with van der Waals surface area (Å²) in [6.07, 6.45) is 7.50. The molecule has 1 aromatic rings. The van der Waals surface area contributed by atoms with E-state index in [1.54, 1.807) is 0 Å². The van der Waals surface area contributed by atoms with Crippen LogP contribution in [0.2, 0.25) is 0 Å². The van der Waals surface area contributed by atoms with Gasteiger partial charge in [0.15, 0.2) is 6.29 Å². The Kier molecular flexibility index (Phi) is 2.98. The number of carbonyl (C=O) groups is 1. The molecule has 90 valence electrons. The van der Waals surface area contributed by atoms with E-state index in [0.29, 0.717) is 0 Å². The van der Waals surface area contributed by atoms with Crippen molar-refractivity contribution in [2.45, 2.75) is 50.2 Å². The molecule has 2 aliphatic rings. The molecule has 0 spiro atoms.